The van der Waals surface area contributed by atoms with Crippen molar-refractivity contribution >= 4 is 17.0 Å². The van der Waals surface area contributed by atoms with Gasteiger partial charge >= 0.3 is 0 Å². The zero-order chi connectivity index (χ0) is 26.0. The minimum Gasteiger partial charge on any atom is -0.495 e. The van der Waals surface area contributed by atoms with Crippen LogP contribution in [-0.2, 0) is 11.8 Å². The average Bonchev–Trinajstić information content (AvgIpc) is 3.23. The van der Waals surface area contributed by atoms with Crippen LogP contribution in [0, 0.1) is 15.9 Å². The predicted octanol–water partition coefficient (Wildman–Crippen LogP) is 2.56. The highest BCUT2D eigenvalue weighted by molar-refractivity contribution is 5.81. The van der Waals surface area contributed by atoms with Gasteiger partial charge in [-0.3, -0.25) is 10.1 Å². The second-order valence-corrected chi connectivity index (χ2v) is 8.95. The highest BCUT2D eigenvalue weighted by Crippen LogP contribution is 2.32. The summed E-state index contributed by atoms with van der Waals surface area (Å²) in [5, 5.41) is 19.0. The molecule has 36 heavy (non-hydrogen) atoms. The largest absolute Gasteiger partial charge is 0.495 e. The van der Waals surface area contributed by atoms with E-state index in [1.54, 1.807) is 25.4 Å². The van der Waals surface area contributed by atoms with Crippen molar-refractivity contribution in [3.05, 3.63) is 70.3 Å². The summed E-state index contributed by atoms with van der Waals surface area (Å²) in [6.07, 6.45) is 8.14. The van der Waals surface area contributed by atoms with Crippen molar-refractivity contribution in [1.29, 1.82) is 0 Å². The highest BCUT2D eigenvalue weighted by atomic mass is 19.1. The standard InChI is InChI=1S/C24H29FN8O3/c1-26-24(7-9-31(2)3)12-19(36-5)18(11-20(24)33(34)35)29-23-28-14-17(25)21(30-23)16-10-15-6-8-32(4)22(15)27-13-16/h6,8,10-14,20,26H,7,9H2,1-5H3,(H,28,29,30). The van der Waals surface area contributed by atoms with Gasteiger partial charge in [-0.05, 0) is 52.3 Å². The van der Waals surface area contributed by atoms with Crippen molar-refractivity contribution in [2.75, 3.05) is 40.1 Å². The molecule has 11 nitrogen and oxygen atoms in total. The van der Waals surface area contributed by atoms with Gasteiger partial charge in [0.2, 0.25) is 5.95 Å². The molecule has 2 atom stereocenters. The van der Waals surface area contributed by atoms with E-state index in [0.717, 1.165) is 17.2 Å². The molecule has 0 saturated heterocycles. The normalized spacial score (nSPS) is 19.8. The first-order valence-electron chi connectivity index (χ1n) is 11.3. The number of nitrogens with zero attached hydrogens (tertiary/aromatic N) is 6. The molecule has 4 rings (SSSR count). The first-order valence-corrected chi connectivity index (χ1v) is 11.3. The van der Waals surface area contributed by atoms with Crippen LogP contribution in [0.1, 0.15) is 6.42 Å². The van der Waals surface area contributed by atoms with Gasteiger partial charge < -0.3 is 24.8 Å². The predicted molar refractivity (Wildman–Crippen MR) is 134 cm³/mol. The van der Waals surface area contributed by atoms with Crippen LogP contribution in [0.2, 0.25) is 0 Å². The third-order valence-electron chi connectivity index (χ3n) is 6.36. The molecule has 12 heteroatoms. The molecule has 0 spiro atoms. The lowest BCUT2D eigenvalue weighted by Crippen LogP contribution is -2.57. The minimum atomic E-state index is -1.09. The zero-order valence-electron chi connectivity index (χ0n) is 20.8. The van der Waals surface area contributed by atoms with Crippen molar-refractivity contribution < 1.29 is 14.1 Å². The number of aromatic nitrogens is 4. The van der Waals surface area contributed by atoms with E-state index in [0.29, 0.717) is 30.0 Å². The van der Waals surface area contributed by atoms with Crippen LogP contribution in [0.25, 0.3) is 22.3 Å². The van der Waals surface area contributed by atoms with Gasteiger partial charge in [-0.1, -0.05) is 0 Å². The summed E-state index contributed by atoms with van der Waals surface area (Å²) in [7, 11) is 8.87. The monoisotopic (exact) mass is 496 g/mol. The maximum atomic E-state index is 14.7. The quantitative estimate of drug-likeness (QED) is 0.340. The maximum absolute atomic E-state index is 14.7. The van der Waals surface area contributed by atoms with Crippen LogP contribution in [0.4, 0.5) is 10.3 Å². The minimum absolute atomic E-state index is 0.0616. The molecule has 0 radical (unpaired) electrons. The summed E-state index contributed by atoms with van der Waals surface area (Å²) >= 11 is 0. The van der Waals surface area contributed by atoms with E-state index in [9.17, 15) is 14.5 Å². The molecular weight excluding hydrogens is 467 g/mol. The van der Waals surface area contributed by atoms with Crippen LogP contribution >= 0.6 is 0 Å². The number of halogens is 1. The lowest BCUT2D eigenvalue weighted by atomic mass is 9.82. The topological polar surface area (TPSA) is 123 Å². The fraction of sp³-hybridized carbons (Fsp3) is 0.375. The average molecular weight is 497 g/mol. The Morgan fingerprint density at radius 2 is 2.11 bits per heavy atom. The summed E-state index contributed by atoms with van der Waals surface area (Å²) in [5.74, 6) is -0.150. The SMILES string of the molecule is CNC1(CCN(C)C)C=C(OC)C(Nc2ncc(F)c(-c3cnc4c(ccn4C)c3)n2)=CC1[N+](=O)[O-]. The molecule has 1 aliphatic carbocycles. The number of aryl methyl sites for hydroxylation is 1. The van der Waals surface area contributed by atoms with Crippen molar-refractivity contribution in [2.45, 2.75) is 18.0 Å². The van der Waals surface area contributed by atoms with Crippen molar-refractivity contribution in [1.82, 2.24) is 29.7 Å². The molecule has 0 aromatic carbocycles. The van der Waals surface area contributed by atoms with Crippen molar-refractivity contribution in [3.8, 4) is 11.3 Å². The van der Waals surface area contributed by atoms with Gasteiger partial charge in [-0.2, -0.15) is 0 Å². The Hall–Kier alpha value is -3.90. The Labute approximate surface area is 207 Å². The third kappa shape index (κ3) is 4.77. The summed E-state index contributed by atoms with van der Waals surface area (Å²) in [6, 6.07) is 2.59. The van der Waals surface area contributed by atoms with Gasteiger partial charge in [0.05, 0.1) is 19.0 Å². The van der Waals surface area contributed by atoms with Crippen LogP contribution in [-0.4, -0.2) is 75.7 Å². The third-order valence-corrected chi connectivity index (χ3v) is 6.36. The summed E-state index contributed by atoms with van der Waals surface area (Å²) in [4.78, 5) is 26.5. The number of fused-ring (bicyclic) bond motifs is 1. The summed E-state index contributed by atoms with van der Waals surface area (Å²) in [6.45, 7) is 0.625. The second kappa shape index (κ2) is 9.99. The molecule has 3 aromatic heterocycles. The number of hydrogen-bond donors (Lipinski definition) is 2. The Kier molecular flexibility index (Phi) is 7.00. The Morgan fingerprint density at radius 3 is 2.78 bits per heavy atom. The Balaban J connectivity index is 1.69. The molecule has 0 aliphatic heterocycles. The van der Waals surface area contributed by atoms with E-state index in [1.807, 2.05) is 42.9 Å². The fourth-order valence-corrected chi connectivity index (χ4v) is 4.31. The van der Waals surface area contributed by atoms with Gasteiger partial charge in [0.25, 0.3) is 6.04 Å². The number of nitrogens with one attached hydrogen (secondary N) is 2. The first-order chi connectivity index (χ1) is 17.2. The van der Waals surface area contributed by atoms with Crippen LogP contribution < -0.4 is 10.6 Å². The smallest absolute Gasteiger partial charge is 0.255 e. The lowest BCUT2D eigenvalue weighted by molar-refractivity contribution is -0.519. The maximum Gasteiger partial charge on any atom is 0.255 e. The Morgan fingerprint density at radius 1 is 1.33 bits per heavy atom. The van der Waals surface area contributed by atoms with Crippen molar-refractivity contribution in [2.24, 2.45) is 7.05 Å². The highest BCUT2D eigenvalue weighted by Gasteiger charge is 2.46. The molecule has 3 heterocycles. The molecule has 2 N–H and O–H groups in total. The van der Waals surface area contributed by atoms with Crippen LogP contribution in [0.5, 0.6) is 0 Å². The lowest BCUT2D eigenvalue weighted by Gasteiger charge is -2.36. The number of likely N-dealkylation sites (N-methyl/N-ethyl adjacent to an activating group) is 1. The van der Waals surface area contributed by atoms with Gasteiger partial charge in [0, 0.05) is 41.4 Å². The van der Waals surface area contributed by atoms with Gasteiger partial charge in [-0.15, -0.1) is 0 Å². The molecular formula is C24H29FN8O3. The molecule has 0 amide bonds. The van der Waals surface area contributed by atoms with E-state index in [4.69, 9.17) is 4.74 Å². The number of rotatable bonds is 9. The molecule has 190 valence electrons. The van der Waals surface area contributed by atoms with Gasteiger partial charge in [0.15, 0.2) is 5.82 Å². The van der Waals surface area contributed by atoms with Crippen LogP contribution in [0.15, 0.2) is 54.3 Å². The molecule has 0 fully saturated rings. The molecule has 0 saturated carbocycles. The molecule has 3 aromatic rings. The Bertz CT molecular complexity index is 1350. The van der Waals surface area contributed by atoms with E-state index in [-0.39, 0.29) is 16.6 Å². The molecule has 2 unspecified atom stereocenters. The van der Waals surface area contributed by atoms with E-state index >= 15 is 0 Å². The fourth-order valence-electron chi connectivity index (χ4n) is 4.31. The summed E-state index contributed by atoms with van der Waals surface area (Å²) < 4.78 is 22.1. The number of anilines is 1. The number of methoxy groups -OCH3 is 1. The second-order valence-electron chi connectivity index (χ2n) is 8.95. The van der Waals surface area contributed by atoms with Gasteiger partial charge in [0.1, 0.15) is 22.6 Å². The molecule has 0 bridgehead atoms. The van der Waals surface area contributed by atoms with E-state index < -0.39 is 17.4 Å². The zero-order valence-corrected chi connectivity index (χ0v) is 20.8. The number of pyridine rings is 1. The van der Waals surface area contributed by atoms with E-state index in [2.05, 4.69) is 25.6 Å². The number of nitro groups is 1. The number of hydrogen-bond acceptors (Lipinski definition) is 9. The number of ether oxygens (including phenoxy) is 1. The van der Waals surface area contributed by atoms with Gasteiger partial charge in [-0.25, -0.2) is 19.3 Å². The van der Waals surface area contributed by atoms with Crippen LogP contribution in [0.3, 0.4) is 0 Å². The van der Waals surface area contributed by atoms with E-state index in [1.165, 1.54) is 13.2 Å². The first kappa shape index (κ1) is 25.2. The molecule has 1 aliphatic rings. The van der Waals surface area contributed by atoms with Crippen molar-refractivity contribution in [3.63, 3.8) is 0 Å². The summed E-state index contributed by atoms with van der Waals surface area (Å²) in [5.41, 5.74) is 0.672.